The number of hydrogen-bond acceptors (Lipinski definition) is 7. The number of benzene rings is 1. The van der Waals surface area contributed by atoms with Crippen molar-refractivity contribution in [1.82, 2.24) is 15.5 Å². The molecule has 7 heteroatoms. The van der Waals surface area contributed by atoms with Crippen LogP contribution < -0.4 is 14.8 Å². The van der Waals surface area contributed by atoms with Crippen molar-refractivity contribution in [2.24, 2.45) is 0 Å². The molecule has 1 fully saturated rings. The molecule has 1 aliphatic heterocycles. The molecule has 3 rings (SSSR count). The highest BCUT2D eigenvalue weighted by Crippen LogP contribution is 2.33. The molecular weight excluding hydrogens is 310 g/mol. The molecule has 2 heterocycles. The summed E-state index contributed by atoms with van der Waals surface area (Å²) >= 11 is 0. The molecule has 0 unspecified atom stereocenters. The van der Waals surface area contributed by atoms with Gasteiger partial charge < -0.3 is 24.1 Å². The maximum Gasteiger partial charge on any atom is 0.258 e. The molecule has 0 amide bonds. The van der Waals surface area contributed by atoms with Crippen LogP contribution in [0.4, 0.5) is 0 Å². The van der Waals surface area contributed by atoms with Crippen LogP contribution in [0.5, 0.6) is 11.5 Å². The molecule has 2 aromatic rings. The Bertz CT molecular complexity index is 680. The first kappa shape index (κ1) is 16.7. The predicted octanol–water partition coefficient (Wildman–Crippen LogP) is 1.90. The molecule has 7 nitrogen and oxygen atoms in total. The van der Waals surface area contributed by atoms with Gasteiger partial charge in [0.05, 0.1) is 14.2 Å². The third-order valence-corrected chi connectivity index (χ3v) is 4.47. The number of piperidine rings is 1. The van der Waals surface area contributed by atoms with E-state index in [0.717, 1.165) is 31.5 Å². The molecule has 1 N–H and O–H groups in total. The Labute approximate surface area is 141 Å². The van der Waals surface area contributed by atoms with Gasteiger partial charge in [0, 0.05) is 13.5 Å². The highest BCUT2D eigenvalue weighted by molar-refractivity contribution is 5.43. The molecule has 0 atom stereocenters. The highest BCUT2D eigenvalue weighted by atomic mass is 16.5. The third-order valence-electron chi connectivity index (χ3n) is 4.47. The molecule has 0 spiro atoms. The lowest BCUT2D eigenvalue weighted by Crippen LogP contribution is -2.41. The van der Waals surface area contributed by atoms with Crippen molar-refractivity contribution in [2.45, 2.75) is 24.9 Å². The Kier molecular flexibility index (Phi) is 5.01. The van der Waals surface area contributed by atoms with Crippen molar-refractivity contribution >= 4 is 0 Å². The monoisotopic (exact) mass is 333 g/mol. The van der Waals surface area contributed by atoms with Gasteiger partial charge in [0.25, 0.3) is 5.89 Å². The molecule has 0 saturated carbocycles. The molecule has 1 aromatic heterocycles. The molecule has 0 bridgehead atoms. The summed E-state index contributed by atoms with van der Waals surface area (Å²) in [5.74, 6) is 2.57. The van der Waals surface area contributed by atoms with E-state index >= 15 is 0 Å². The third kappa shape index (κ3) is 3.22. The van der Waals surface area contributed by atoms with E-state index in [2.05, 4.69) is 15.5 Å². The highest BCUT2D eigenvalue weighted by Gasteiger charge is 2.39. The minimum Gasteiger partial charge on any atom is -0.493 e. The number of methoxy groups -OCH3 is 3. The zero-order chi connectivity index (χ0) is 17.0. The van der Waals surface area contributed by atoms with E-state index in [0.29, 0.717) is 29.6 Å². The van der Waals surface area contributed by atoms with E-state index < -0.39 is 5.60 Å². The average Bonchev–Trinajstić information content (AvgIpc) is 3.11. The van der Waals surface area contributed by atoms with Gasteiger partial charge >= 0.3 is 0 Å². The van der Waals surface area contributed by atoms with E-state index in [9.17, 15) is 0 Å². The summed E-state index contributed by atoms with van der Waals surface area (Å²) in [7, 11) is 4.93. The summed E-state index contributed by atoms with van der Waals surface area (Å²) in [5, 5.41) is 7.44. The van der Waals surface area contributed by atoms with Crippen molar-refractivity contribution in [3.05, 3.63) is 35.5 Å². The van der Waals surface area contributed by atoms with Crippen molar-refractivity contribution in [2.75, 3.05) is 34.4 Å². The van der Waals surface area contributed by atoms with Crippen LogP contribution in [0, 0.1) is 0 Å². The van der Waals surface area contributed by atoms with Gasteiger partial charge in [0.15, 0.2) is 17.3 Å². The average molecular weight is 333 g/mol. The summed E-state index contributed by atoms with van der Waals surface area (Å²) in [6.07, 6.45) is 2.20. The summed E-state index contributed by atoms with van der Waals surface area (Å²) < 4.78 is 21.8. The van der Waals surface area contributed by atoms with Gasteiger partial charge in [-0.1, -0.05) is 11.2 Å². The molecule has 1 aliphatic rings. The summed E-state index contributed by atoms with van der Waals surface area (Å²) in [5.41, 5.74) is 0.547. The summed E-state index contributed by atoms with van der Waals surface area (Å²) in [6, 6.07) is 5.76. The number of nitrogens with one attached hydrogen (secondary N) is 1. The SMILES string of the molecule is COc1ccc(Cc2noc(C3(OC)CCNCC3)n2)cc1OC. The van der Waals surface area contributed by atoms with E-state index in [1.807, 2.05) is 18.2 Å². The molecule has 130 valence electrons. The van der Waals surface area contributed by atoms with Crippen molar-refractivity contribution in [3.63, 3.8) is 0 Å². The van der Waals surface area contributed by atoms with Gasteiger partial charge in [-0.3, -0.25) is 0 Å². The van der Waals surface area contributed by atoms with Gasteiger partial charge in [-0.05, 0) is 43.6 Å². The van der Waals surface area contributed by atoms with Crippen molar-refractivity contribution < 1.29 is 18.7 Å². The van der Waals surface area contributed by atoms with Gasteiger partial charge in [-0.15, -0.1) is 0 Å². The lowest BCUT2D eigenvalue weighted by atomic mass is 9.92. The summed E-state index contributed by atoms with van der Waals surface area (Å²) in [4.78, 5) is 4.57. The Hall–Kier alpha value is -2.12. The van der Waals surface area contributed by atoms with Gasteiger partial charge in [0.1, 0.15) is 5.60 Å². The van der Waals surface area contributed by atoms with E-state index in [4.69, 9.17) is 18.7 Å². The Morgan fingerprint density at radius 2 is 1.88 bits per heavy atom. The van der Waals surface area contributed by atoms with E-state index in [1.165, 1.54) is 0 Å². The first-order valence-electron chi connectivity index (χ1n) is 8.00. The second kappa shape index (κ2) is 7.19. The number of nitrogens with zero attached hydrogens (tertiary/aromatic N) is 2. The fourth-order valence-corrected chi connectivity index (χ4v) is 3.02. The van der Waals surface area contributed by atoms with Crippen LogP contribution in [0.2, 0.25) is 0 Å². The lowest BCUT2D eigenvalue weighted by molar-refractivity contribution is -0.0622. The standard InChI is InChI=1S/C17H23N3O4/c1-21-13-5-4-12(10-14(13)22-2)11-15-19-16(24-20-15)17(23-3)6-8-18-9-7-17/h4-5,10,18H,6-9,11H2,1-3H3. The Balaban J connectivity index is 1.79. The lowest BCUT2D eigenvalue weighted by Gasteiger charge is -2.32. The van der Waals surface area contributed by atoms with Crippen LogP contribution in [0.25, 0.3) is 0 Å². The Morgan fingerprint density at radius 1 is 1.12 bits per heavy atom. The minimum absolute atomic E-state index is 0.478. The van der Waals surface area contributed by atoms with Crippen LogP contribution in [0.1, 0.15) is 30.1 Å². The molecule has 0 radical (unpaired) electrons. The van der Waals surface area contributed by atoms with Crippen LogP contribution >= 0.6 is 0 Å². The van der Waals surface area contributed by atoms with Gasteiger partial charge in [0.2, 0.25) is 0 Å². The van der Waals surface area contributed by atoms with E-state index in [1.54, 1.807) is 21.3 Å². The Morgan fingerprint density at radius 3 is 2.54 bits per heavy atom. The minimum atomic E-state index is -0.478. The normalized spacial score (nSPS) is 16.8. The first-order valence-corrected chi connectivity index (χ1v) is 8.00. The van der Waals surface area contributed by atoms with Crippen LogP contribution in [0.15, 0.2) is 22.7 Å². The molecule has 1 saturated heterocycles. The largest absolute Gasteiger partial charge is 0.493 e. The van der Waals surface area contributed by atoms with Gasteiger partial charge in [-0.2, -0.15) is 4.98 Å². The number of aromatic nitrogens is 2. The maximum absolute atomic E-state index is 5.72. The van der Waals surface area contributed by atoms with Gasteiger partial charge in [-0.25, -0.2) is 0 Å². The zero-order valence-corrected chi connectivity index (χ0v) is 14.3. The van der Waals surface area contributed by atoms with Crippen LogP contribution in [-0.2, 0) is 16.8 Å². The quantitative estimate of drug-likeness (QED) is 0.865. The first-order chi connectivity index (χ1) is 11.7. The predicted molar refractivity (Wildman–Crippen MR) is 87.4 cm³/mol. The topological polar surface area (TPSA) is 78.6 Å². The maximum atomic E-state index is 5.72. The van der Waals surface area contributed by atoms with Crippen molar-refractivity contribution in [3.8, 4) is 11.5 Å². The van der Waals surface area contributed by atoms with Crippen LogP contribution in [-0.4, -0.2) is 44.6 Å². The second-order valence-electron chi connectivity index (χ2n) is 5.83. The molecular formula is C17H23N3O4. The molecule has 0 aliphatic carbocycles. The zero-order valence-electron chi connectivity index (χ0n) is 14.3. The van der Waals surface area contributed by atoms with Crippen LogP contribution in [0.3, 0.4) is 0 Å². The molecule has 24 heavy (non-hydrogen) atoms. The number of ether oxygens (including phenoxy) is 3. The van der Waals surface area contributed by atoms with Crippen molar-refractivity contribution in [1.29, 1.82) is 0 Å². The fourth-order valence-electron chi connectivity index (χ4n) is 3.02. The second-order valence-corrected chi connectivity index (χ2v) is 5.83. The number of rotatable bonds is 6. The fraction of sp³-hybridized carbons (Fsp3) is 0.529. The van der Waals surface area contributed by atoms with E-state index in [-0.39, 0.29) is 0 Å². The summed E-state index contributed by atoms with van der Waals surface area (Å²) in [6.45, 7) is 1.75. The molecule has 1 aromatic carbocycles. The smallest absolute Gasteiger partial charge is 0.258 e. The number of hydrogen-bond donors (Lipinski definition) is 1.